The van der Waals surface area contributed by atoms with Crippen LogP contribution in [0.5, 0.6) is 0 Å². The Kier molecular flexibility index (Phi) is 7.11. The molecule has 0 aliphatic carbocycles. The van der Waals surface area contributed by atoms with Gasteiger partial charge in [-0.15, -0.1) is 0 Å². The fraction of sp³-hybridized carbons (Fsp3) is 0.533. The van der Waals surface area contributed by atoms with E-state index in [0.29, 0.717) is 13.2 Å². The molecule has 3 nitrogen and oxygen atoms in total. The van der Waals surface area contributed by atoms with Gasteiger partial charge >= 0.3 is 0 Å². The molecule has 1 aromatic rings. The third kappa shape index (κ3) is 4.88. The van der Waals surface area contributed by atoms with Crippen LogP contribution >= 0.6 is 0 Å². The predicted molar refractivity (Wildman–Crippen MR) is 73.6 cm³/mol. The Hall–Kier alpha value is -1.35. The Morgan fingerprint density at radius 3 is 2.67 bits per heavy atom. The van der Waals surface area contributed by atoms with Gasteiger partial charge in [0.2, 0.25) is 5.91 Å². The van der Waals surface area contributed by atoms with E-state index in [1.807, 2.05) is 30.3 Å². The van der Waals surface area contributed by atoms with Crippen molar-refractivity contribution in [2.24, 2.45) is 0 Å². The second kappa shape index (κ2) is 8.70. The molecule has 0 aliphatic heterocycles. The van der Waals surface area contributed by atoms with Gasteiger partial charge in [0, 0.05) is 20.3 Å². The van der Waals surface area contributed by atoms with Crippen LogP contribution in [0.1, 0.15) is 37.7 Å². The number of methoxy groups -OCH3 is 1. The zero-order chi connectivity index (χ0) is 13.2. The summed E-state index contributed by atoms with van der Waals surface area (Å²) in [5.74, 6) is 0.0953. The Labute approximate surface area is 110 Å². The smallest absolute Gasteiger partial charge is 0.227 e. The highest BCUT2D eigenvalue weighted by Crippen LogP contribution is 2.21. The van der Waals surface area contributed by atoms with Crippen LogP contribution in [0.25, 0.3) is 0 Å². The summed E-state index contributed by atoms with van der Waals surface area (Å²) in [6, 6.07) is 9.99. The summed E-state index contributed by atoms with van der Waals surface area (Å²) < 4.78 is 4.96. The normalized spacial score (nSPS) is 12.1. The number of nitrogens with one attached hydrogen (secondary N) is 1. The van der Waals surface area contributed by atoms with Crippen molar-refractivity contribution < 1.29 is 9.53 Å². The monoisotopic (exact) mass is 249 g/mol. The zero-order valence-electron chi connectivity index (χ0n) is 11.3. The molecule has 0 saturated heterocycles. The summed E-state index contributed by atoms with van der Waals surface area (Å²) in [6.07, 6.45) is 2.75. The molecule has 0 radical (unpaired) electrons. The average Bonchev–Trinajstić information content (AvgIpc) is 2.41. The van der Waals surface area contributed by atoms with E-state index in [2.05, 4.69) is 12.2 Å². The molecule has 1 N–H and O–H groups in total. The van der Waals surface area contributed by atoms with Crippen LogP contribution in [0, 0.1) is 0 Å². The van der Waals surface area contributed by atoms with E-state index in [1.54, 1.807) is 7.11 Å². The van der Waals surface area contributed by atoms with E-state index < -0.39 is 0 Å². The van der Waals surface area contributed by atoms with Crippen molar-refractivity contribution >= 4 is 5.91 Å². The fourth-order valence-electron chi connectivity index (χ4n) is 1.97. The van der Waals surface area contributed by atoms with E-state index >= 15 is 0 Å². The number of carbonyl (C=O) groups is 1. The molecule has 0 unspecified atom stereocenters. The molecule has 0 spiro atoms. The van der Waals surface area contributed by atoms with E-state index in [9.17, 15) is 4.79 Å². The number of carbonyl (C=O) groups excluding carboxylic acids is 1. The van der Waals surface area contributed by atoms with Crippen LogP contribution in [0.15, 0.2) is 30.3 Å². The third-order valence-corrected chi connectivity index (χ3v) is 2.92. The number of rotatable bonds is 8. The van der Waals surface area contributed by atoms with Crippen molar-refractivity contribution in [3.8, 4) is 0 Å². The van der Waals surface area contributed by atoms with E-state index in [-0.39, 0.29) is 11.8 Å². The minimum Gasteiger partial charge on any atom is -0.385 e. The maximum absolute atomic E-state index is 12.1. The molecule has 0 fully saturated rings. The molecule has 3 heteroatoms. The lowest BCUT2D eigenvalue weighted by molar-refractivity contribution is -0.122. The number of hydrogen-bond donors (Lipinski definition) is 1. The van der Waals surface area contributed by atoms with Gasteiger partial charge in [0.1, 0.15) is 0 Å². The van der Waals surface area contributed by atoms with Gasteiger partial charge in [-0.2, -0.15) is 0 Å². The van der Waals surface area contributed by atoms with Crippen LogP contribution in [-0.2, 0) is 9.53 Å². The molecular weight excluding hydrogens is 226 g/mol. The summed E-state index contributed by atoms with van der Waals surface area (Å²) >= 11 is 0. The van der Waals surface area contributed by atoms with E-state index in [0.717, 1.165) is 24.8 Å². The first kappa shape index (κ1) is 14.7. The van der Waals surface area contributed by atoms with Gasteiger partial charge in [0.05, 0.1) is 5.92 Å². The standard InChI is InChI=1S/C15H23NO2/c1-3-8-14(13-9-5-4-6-10-13)15(17)16-11-7-12-18-2/h4-6,9-10,14H,3,7-8,11-12H2,1-2H3,(H,16,17)/t14-/m1/s1. The lowest BCUT2D eigenvalue weighted by atomic mass is 9.93. The Morgan fingerprint density at radius 1 is 1.33 bits per heavy atom. The first-order chi connectivity index (χ1) is 8.79. The molecule has 100 valence electrons. The van der Waals surface area contributed by atoms with Crippen molar-refractivity contribution in [1.82, 2.24) is 5.32 Å². The minimum atomic E-state index is -0.0289. The minimum absolute atomic E-state index is 0.0289. The maximum Gasteiger partial charge on any atom is 0.227 e. The van der Waals surface area contributed by atoms with Gasteiger partial charge in [-0.25, -0.2) is 0 Å². The van der Waals surface area contributed by atoms with Gasteiger partial charge in [0.15, 0.2) is 0 Å². The molecule has 1 amide bonds. The molecule has 1 rings (SSSR count). The fourth-order valence-corrected chi connectivity index (χ4v) is 1.97. The summed E-state index contributed by atoms with van der Waals surface area (Å²) in [5, 5.41) is 2.98. The summed E-state index contributed by atoms with van der Waals surface area (Å²) in [5.41, 5.74) is 1.10. The van der Waals surface area contributed by atoms with Gasteiger partial charge < -0.3 is 10.1 Å². The van der Waals surface area contributed by atoms with Crippen LogP contribution in [0.4, 0.5) is 0 Å². The topological polar surface area (TPSA) is 38.3 Å². The van der Waals surface area contributed by atoms with Crippen LogP contribution in [0.3, 0.4) is 0 Å². The molecule has 0 aliphatic rings. The van der Waals surface area contributed by atoms with Crippen molar-refractivity contribution in [2.45, 2.75) is 32.1 Å². The molecule has 0 heterocycles. The molecule has 1 aromatic carbocycles. The average molecular weight is 249 g/mol. The van der Waals surface area contributed by atoms with Crippen LogP contribution in [0.2, 0.25) is 0 Å². The van der Waals surface area contributed by atoms with Crippen molar-refractivity contribution in [2.75, 3.05) is 20.3 Å². The quantitative estimate of drug-likeness (QED) is 0.719. The molecule has 0 bridgehead atoms. The Bertz CT molecular complexity index is 338. The summed E-state index contributed by atoms with van der Waals surface area (Å²) in [7, 11) is 1.67. The zero-order valence-corrected chi connectivity index (χ0v) is 11.3. The lowest BCUT2D eigenvalue weighted by Crippen LogP contribution is -2.30. The highest BCUT2D eigenvalue weighted by Gasteiger charge is 2.18. The number of amides is 1. The van der Waals surface area contributed by atoms with Crippen LogP contribution in [-0.4, -0.2) is 26.2 Å². The molecule has 1 atom stereocenters. The van der Waals surface area contributed by atoms with Crippen molar-refractivity contribution in [1.29, 1.82) is 0 Å². The third-order valence-electron chi connectivity index (χ3n) is 2.92. The molecule has 18 heavy (non-hydrogen) atoms. The second-order valence-electron chi connectivity index (χ2n) is 4.39. The van der Waals surface area contributed by atoms with E-state index in [1.165, 1.54) is 0 Å². The molecular formula is C15H23NO2. The second-order valence-corrected chi connectivity index (χ2v) is 4.39. The largest absolute Gasteiger partial charge is 0.385 e. The SMILES string of the molecule is CCC[C@@H](C(=O)NCCCOC)c1ccccc1. The highest BCUT2D eigenvalue weighted by atomic mass is 16.5. The van der Waals surface area contributed by atoms with Gasteiger partial charge in [-0.05, 0) is 18.4 Å². The summed E-state index contributed by atoms with van der Waals surface area (Å²) in [6.45, 7) is 3.47. The van der Waals surface area contributed by atoms with E-state index in [4.69, 9.17) is 4.74 Å². The van der Waals surface area contributed by atoms with Crippen molar-refractivity contribution in [3.63, 3.8) is 0 Å². The summed E-state index contributed by atoms with van der Waals surface area (Å²) in [4.78, 5) is 12.1. The predicted octanol–water partition coefficient (Wildman–Crippen LogP) is 2.72. The lowest BCUT2D eigenvalue weighted by Gasteiger charge is -2.16. The van der Waals surface area contributed by atoms with Gasteiger partial charge in [-0.1, -0.05) is 43.7 Å². The Morgan fingerprint density at radius 2 is 2.06 bits per heavy atom. The van der Waals surface area contributed by atoms with Gasteiger partial charge in [0.25, 0.3) is 0 Å². The van der Waals surface area contributed by atoms with Gasteiger partial charge in [-0.3, -0.25) is 4.79 Å². The number of benzene rings is 1. The first-order valence-corrected chi connectivity index (χ1v) is 6.61. The molecule has 0 saturated carbocycles. The first-order valence-electron chi connectivity index (χ1n) is 6.61. The Balaban J connectivity index is 2.53. The van der Waals surface area contributed by atoms with Crippen molar-refractivity contribution in [3.05, 3.63) is 35.9 Å². The number of hydrogen-bond acceptors (Lipinski definition) is 2. The number of ether oxygens (including phenoxy) is 1. The highest BCUT2D eigenvalue weighted by molar-refractivity contribution is 5.83. The molecule has 0 aromatic heterocycles. The maximum atomic E-state index is 12.1. The van der Waals surface area contributed by atoms with Crippen LogP contribution < -0.4 is 5.32 Å².